The maximum Gasteiger partial charge on any atom is 0.255 e. The molecule has 0 radical (unpaired) electrons. The molecule has 1 heterocycles. The van der Waals surface area contributed by atoms with Crippen LogP contribution in [0.4, 0.5) is 0 Å². The first kappa shape index (κ1) is 20.6. The Hall–Kier alpha value is -3.18. The molecule has 150 valence electrons. The summed E-state index contributed by atoms with van der Waals surface area (Å²) in [6.07, 6.45) is 3.97. The van der Waals surface area contributed by atoms with Crippen LogP contribution in [0.25, 0.3) is 17.0 Å². The van der Waals surface area contributed by atoms with Crippen LogP contribution in [-0.2, 0) is 11.2 Å². The summed E-state index contributed by atoms with van der Waals surface area (Å²) in [4.78, 5) is 29.4. The van der Waals surface area contributed by atoms with Crippen LogP contribution in [0.5, 0.6) is 0 Å². The van der Waals surface area contributed by atoms with Crippen molar-refractivity contribution >= 4 is 22.9 Å². The number of likely N-dealkylation sites (N-methyl/N-ethyl adjacent to an activating group) is 1. The number of hydrogen-bond donors (Lipinski definition) is 2. The number of amides is 1. The number of nitrogens with one attached hydrogen (secondary N) is 2. The van der Waals surface area contributed by atoms with Crippen molar-refractivity contribution in [1.82, 2.24) is 15.2 Å². The van der Waals surface area contributed by atoms with E-state index in [-0.39, 0.29) is 17.5 Å². The lowest BCUT2D eigenvalue weighted by Crippen LogP contribution is -2.33. The second-order valence-electron chi connectivity index (χ2n) is 7.29. The first-order chi connectivity index (χ1) is 14.0. The highest BCUT2D eigenvalue weighted by molar-refractivity contribution is 5.92. The summed E-state index contributed by atoms with van der Waals surface area (Å²) in [6.45, 7) is 2.61. The molecule has 3 rings (SSSR count). The topological polar surface area (TPSA) is 65.2 Å². The number of H-pyrrole nitrogens is 1. The molecular weight excluding hydrogens is 362 g/mol. The minimum atomic E-state index is -0.227. The van der Waals surface area contributed by atoms with Crippen LogP contribution >= 0.6 is 0 Å². The number of nitrogens with zero attached hydrogens (tertiary/aromatic N) is 1. The van der Waals surface area contributed by atoms with Crippen LogP contribution in [0.15, 0.2) is 65.5 Å². The lowest BCUT2D eigenvalue weighted by molar-refractivity contribution is -0.116. The van der Waals surface area contributed by atoms with Gasteiger partial charge in [0.1, 0.15) is 0 Å². The van der Waals surface area contributed by atoms with Crippen LogP contribution < -0.4 is 10.9 Å². The first-order valence-corrected chi connectivity index (χ1v) is 9.81. The van der Waals surface area contributed by atoms with E-state index in [2.05, 4.69) is 46.4 Å². The average Bonchev–Trinajstić information content (AvgIpc) is 2.72. The summed E-state index contributed by atoms with van der Waals surface area (Å²) in [5.41, 5.74) is 3.47. The molecule has 0 spiro atoms. The summed E-state index contributed by atoms with van der Waals surface area (Å²) in [7, 11) is 3.99. The van der Waals surface area contributed by atoms with Crippen molar-refractivity contribution in [3.63, 3.8) is 0 Å². The van der Waals surface area contributed by atoms with Gasteiger partial charge < -0.3 is 15.2 Å². The predicted molar refractivity (Wildman–Crippen MR) is 119 cm³/mol. The number of aryl methyl sites for hydroxylation is 1. The summed E-state index contributed by atoms with van der Waals surface area (Å²) >= 11 is 0. The predicted octanol–water partition coefficient (Wildman–Crippen LogP) is 3.52. The number of benzene rings is 2. The summed E-state index contributed by atoms with van der Waals surface area (Å²) in [5, 5.41) is 3.86. The monoisotopic (exact) mass is 389 g/mol. The molecule has 0 fully saturated rings. The molecule has 0 aliphatic heterocycles. The van der Waals surface area contributed by atoms with Crippen molar-refractivity contribution in [2.24, 2.45) is 0 Å². The Morgan fingerprint density at radius 3 is 2.55 bits per heavy atom. The Bertz CT molecular complexity index is 1070. The summed E-state index contributed by atoms with van der Waals surface area (Å²) < 4.78 is 0. The Balaban J connectivity index is 1.67. The van der Waals surface area contributed by atoms with Crippen LogP contribution in [-0.4, -0.2) is 36.4 Å². The normalized spacial score (nSPS) is 12.6. The van der Waals surface area contributed by atoms with Gasteiger partial charge in [0.15, 0.2) is 0 Å². The molecule has 5 heteroatoms. The maximum atomic E-state index is 12.3. The number of fused-ring (bicyclic) bond motifs is 1. The summed E-state index contributed by atoms with van der Waals surface area (Å²) in [6, 6.07) is 17.9. The SMILES string of the molecule is CCc1ccc(C(CNC(=O)/C=C/c2cc3ccccc3[nH]c2=O)N(C)C)cc1. The Morgan fingerprint density at radius 1 is 1.14 bits per heavy atom. The zero-order valence-corrected chi connectivity index (χ0v) is 17.1. The quantitative estimate of drug-likeness (QED) is 0.608. The first-order valence-electron chi connectivity index (χ1n) is 9.81. The van der Waals surface area contributed by atoms with E-state index in [9.17, 15) is 9.59 Å². The molecule has 2 aromatic carbocycles. The van der Waals surface area contributed by atoms with Crippen LogP contribution in [0.1, 0.15) is 29.7 Å². The Morgan fingerprint density at radius 2 is 1.86 bits per heavy atom. The number of hydrogen-bond acceptors (Lipinski definition) is 3. The van der Waals surface area contributed by atoms with Crippen molar-refractivity contribution in [3.8, 4) is 0 Å². The molecule has 29 heavy (non-hydrogen) atoms. The molecule has 2 N–H and O–H groups in total. The second kappa shape index (κ2) is 9.34. The fraction of sp³-hybridized carbons (Fsp3) is 0.250. The zero-order chi connectivity index (χ0) is 20.8. The van der Waals surface area contributed by atoms with Crippen molar-refractivity contribution in [3.05, 3.63) is 87.7 Å². The molecule has 0 bridgehead atoms. The van der Waals surface area contributed by atoms with Gasteiger partial charge in [0, 0.05) is 23.7 Å². The number of para-hydroxylation sites is 1. The number of carbonyl (C=O) groups is 1. The number of carbonyl (C=O) groups excluding carboxylic acids is 1. The lowest BCUT2D eigenvalue weighted by atomic mass is 10.0. The molecule has 0 saturated carbocycles. The minimum Gasteiger partial charge on any atom is -0.351 e. The Kier molecular flexibility index (Phi) is 6.62. The molecule has 3 aromatic rings. The van der Waals surface area contributed by atoms with E-state index >= 15 is 0 Å². The van der Waals surface area contributed by atoms with Crippen molar-refractivity contribution < 1.29 is 4.79 Å². The van der Waals surface area contributed by atoms with Gasteiger partial charge in [-0.05, 0) is 55.2 Å². The third kappa shape index (κ3) is 5.21. The highest BCUT2D eigenvalue weighted by Crippen LogP contribution is 2.18. The number of pyridine rings is 1. The van der Waals surface area contributed by atoms with E-state index in [1.54, 1.807) is 12.1 Å². The van der Waals surface area contributed by atoms with Crippen molar-refractivity contribution in [2.45, 2.75) is 19.4 Å². The lowest BCUT2D eigenvalue weighted by Gasteiger charge is -2.25. The van der Waals surface area contributed by atoms with Crippen LogP contribution in [0, 0.1) is 0 Å². The van der Waals surface area contributed by atoms with E-state index in [4.69, 9.17) is 0 Å². The third-order valence-electron chi connectivity index (χ3n) is 5.06. The molecule has 1 atom stereocenters. The number of rotatable bonds is 7. The molecular formula is C24H27N3O2. The largest absolute Gasteiger partial charge is 0.351 e. The molecule has 1 amide bonds. The van der Waals surface area contributed by atoms with E-state index in [0.29, 0.717) is 12.1 Å². The molecule has 0 saturated heterocycles. The fourth-order valence-corrected chi connectivity index (χ4v) is 3.28. The van der Waals surface area contributed by atoms with Crippen molar-refractivity contribution in [2.75, 3.05) is 20.6 Å². The van der Waals surface area contributed by atoms with Crippen LogP contribution in [0.2, 0.25) is 0 Å². The van der Waals surface area contributed by atoms with Gasteiger partial charge >= 0.3 is 0 Å². The van der Waals surface area contributed by atoms with Gasteiger partial charge in [0.2, 0.25) is 5.91 Å². The second-order valence-corrected chi connectivity index (χ2v) is 7.29. The number of aromatic nitrogens is 1. The molecule has 5 nitrogen and oxygen atoms in total. The van der Waals surface area contributed by atoms with Gasteiger partial charge in [0.25, 0.3) is 5.56 Å². The van der Waals surface area contributed by atoms with Gasteiger partial charge in [-0.3, -0.25) is 9.59 Å². The molecule has 0 aliphatic carbocycles. The standard InChI is InChI=1S/C24H27N3O2/c1-4-17-9-11-18(12-10-17)22(27(2)3)16-25-23(28)14-13-20-15-19-7-5-6-8-21(19)26-24(20)29/h5-15,22H,4,16H2,1-3H3,(H,25,28)(H,26,29)/b14-13+. The van der Waals surface area contributed by atoms with Gasteiger partial charge in [0.05, 0.1) is 6.04 Å². The van der Waals surface area contributed by atoms with E-state index in [1.165, 1.54) is 11.6 Å². The van der Waals surface area contributed by atoms with Gasteiger partial charge in [-0.2, -0.15) is 0 Å². The van der Waals surface area contributed by atoms with Gasteiger partial charge in [-0.1, -0.05) is 49.4 Å². The number of aromatic amines is 1. The van der Waals surface area contributed by atoms with Gasteiger partial charge in [-0.15, -0.1) is 0 Å². The van der Waals surface area contributed by atoms with Gasteiger partial charge in [-0.25, -0.2) is 0 Å². The fourth-order valence-electron chi connectivity index (χ4n) is 3.28. The average molecular weight is 389 g/mol. The van der Waals surface area contributed by atoms with E-state index in [0.717, 1.165) is 22.9 Å². The molecule has 1 aromatic heterocycles. The highest BCUT2D eigenvalue weighted by atomic mass is 16.1. The molecule has 0 aliphatic rings. The van der Waals surface area contributed by atoms with Crippen LogP contribution in [0.3, 0.4) is 0 Å². The smallest absolute Gasteiger partial charge is 0.255 e. The zero-order valence-electron chi connectivity index (χ0n) is 17.1. The summed E-state index contributed by atoms with van der Waals surface area (Å²) in [5.74, 6) is -0.227. The van der Waals surface area contributed by atoms with E-state index < -0.39 is 0 Å². The minimum absolute atomic E-state index is 0.0716. The third-order valence-corrected chi connectivity index (χ3v) is 5.06. The molecule has 1 unspecified atom stereocenters. The highest BCUT2D eigenvalue weighted by Gasteiger charge is 2.14. The Labute approximate surface area is 171 Å². The maximum absolute atomic E-state index is 12.3. The van der Waals surface area contributed by atoms with Crippen molar-refractivity contribution in [1.29, 1.82) is 0 Å². The van der Waals surface area contributed by atoms with E-state index in [1.807, 2.05) is 38.4 Å².